The third-order valence-electron chi connectivity index (χ3n) is 2.47. The summed E-state index contributed by atoms with van der Waals surface area (Å²) in [6.07, 6.45) is 0.916. The highest BCUT2D eigenvalue weighted by Crippen LogP contribution is 2.00. The Hall–Kier alpha value is -1.14. The molecule has 0 bridgehead atoms. The van der Waals surface area contributed by atoms with E-state index >= 15 is 0 Å². The standard InChI is InChI=1S/C10H19N3O3/c1-2-4-12(6-7-14)8-9(15)13-5-3-11-10(13)16/h14H,2-8H2,1H3,(H,11,16). The van der Waals surface area contributed by atoms with E-state index in [0.717, 1.165) is 13.0 Å². The summed E-state index contributed by atoms with van der Waals surface area (Å²) in [4.78, 5) is 26.1. The highest BCUT2D eigenvalue weighted by molar-refractivity contribution is 5.96. The van der Waals surface area contributed by atoms with Gasteiger partial charge < -0.3 is 10.4 Å². The second-order valence-corrected chi connectivity index (χ2v) is 3.78. The lowest BCUT2D eigenvalue weighted by atomic mass is 10.3. The van der Waals surface area contributed by atoms with Crippen molar-refractivity contribution in [1.29, 1.82) is 0 Å². The normalized spacial score (nSPS) is 15.7. The predicted octanol–water partition coefficient (Wildman–Crippen LogP) is -0.757. The average Bonchev–Trinajstić information content (AvgIpc) is 2.65. The highest BCUT2D eigenvalue weighted by Gasteiger charge is 2.26. The Kier molecular flexibility index (Phi) is 5.21. The molecule has 1 saturated heterocycles. The molecular formula is C10H19N3O3. The maximum atomic E-state index is 11.8. The van der Waals surface area contributed by atoms with Crippen LogP contribution in [-0.4, -0.2) is 66.2 Å². The zero-order valence-corrected chi connectivity index (χ0v) is 9.61. The number of rotatable bonds is 6. The monoisotopic (exact) mass is 229 g/mol. The Labute approximate surface area is 95.2 Å². The molecule has 0 aromatic carbocycles. The van der Waals surface area contributed by atoms with E-state index in [2.05, 4.69) is 5.32 Å². The SMILES string of the molecule is CCCN(CCO)CC(=O)N1CCNC1=O. The van der Waals surface area contributed by atoms with Gasteiger partial charge in [0.2, 0.25) is 5.91 Å². The van der Waals surface area contributed by atoms with Crippen LogP contribution >= 0.6 is 0 Å². The van der Waals surface area contributed by atoms with Gasteiger partial charge in [0.1, 0.15) is 0 Å². The predicted molar refractivity (Wildman–Crippen MR) is 58.9 cm³/mol. The molecule has 6 nitrogen and oxygen atoms in total. The Morgan fingerprint density at radius 1 is 1.56 bits per heavy atom. The number of carbonyl (C=O) groups is 2. The van der Waals surface area contributed by atoms with E-state index < -0.39 is 0 Å². The van der Waals surface area contributed by atoms with Crippen LogP contribution in [0, 0.1) is 0 Å². The van der Waals surface area contributed by atoms with Crippen LogP contribution < -0.4 is 5.32 Å². The Bertz CT molecular complexity index is 252. The molecule has 16 heavy (non-hydrogen) atoms. The first-order valence-corrected chi connectivity index (χ1v) is 5.60. The molecule has 2 N–H and O–H groups in total. The lowest BCUT2D eigenvalue weighted by Crippen LogP contribution is -2.43. The number of aliphatic hydroxyl groups excluding tert-OH is 1. The third kappa shape index (κ3) is 3.46. The summed E-state index contributed by atoms with van der Waals surface area (Å²) in [6.45, 7) is 4.42. The quantitative estimate of drug-likeness (QED) is 0.628. The van der Waals surface area contributed by atoms with E-state index in [0.29, 0.717) is 19.6 Å². The first-order chi connectivity index (χ1) is 7.69. The molecule has 92 valence electrons. The second-order valence-electron chi connectivity index (χ2n) is 3.78. The zero-order valence-electron chi connectivity index (χ0n) is 9.61. The number of nitrogens with one attached hydrogen (secondary N) is 1. The van der Waals surface area contributed by atoms with Crippen molar-refractivity contribution in [1.82, 2.24) is 15.1 Å². The smallest absolute Gasteiger partial charge is 0.324 e. The molecule has 0 aromatic rings. The fraction of sp³-hybridized carbons (Fsp3) is 0.800. The van der Waals surface area contributed by atoms with Crippen molar-refractivity contribution in [3.63, 3.8) is 0 Å². The second kappa shape index (κ2) is 6.44. The number of nitrogens with zero attached hydrogens (tertiary/aromatic N) is 2. The molecule has 3 amide bonds. The van der Waals surface area contributed by atoms with Gasteiger partial charge in [0.15, 0.2) is 0 Å². The van der Waals surface area contributed by atoms with Gasteiger partial charge in [-0.15, -0.1) is 0 Å². The van der Waals surface area contributed by atoms with Crippen LogP contribution in [0.2, 0.25) is 0 Å². The van der Waals surface area contributed by atoms with E-state index in [1.54, 1.807) is 0 Å². The lowest BCUT2D eigenvalue weighted by molar-refractivity contribution is -0.128. The van der Waals surface area contributed by atoms with Gasteiger partial charge in [0.25, 0.3) is 0 Å². The number of imide groups is 1. The van der Waals surface area contributed by atoms with Crippen molar-refractivity contribution >= 4 is 11.9 Å². The molecule has 6 heteroatoms. The van der Waals surface area contributed by atoms with Gasteiger partial charge in [-0.05, 0) is 13.0 Å². The van der Waals surface area contributed by atoms with Crippen molar-refractivity contribution in [3.8, 4) is 0 Å². The minimum absolute atomic E-state index is 0.0273. The molecule has 1 rings (SSSR count). The van der Waals surface area contributed by atoms with Crippen LogP contribution in [0.5, 0.6) is 0 Å². The Morgan fingerprint density at radius 2 is 2.31 bits per heavy atom. The van der Waals surface area contributed by atoms with E-state index in [9.17, 15) is 9.59 Å². The molecule has 0 atom stereocenters. The molecule has 1 aliphatic heterocycles. The number of hydrogen-bond donors (Lipinski definition) is 2. The number of carbonyl (C=O) groups excluding carboxylic acids is 2. The van der Waals surface area contributed by atoms with Crippen molar-refractivity contribution in [2.45, 2.75) is 13.3 Å². The Morgan fingerprint density at radius 3 is 2.81 bits per heavy atom. The molecule has 0 unspecified atom stereocenters. The highest BCUT2D eigenvalue weighted by atomic mass is 16.3. The first-order valence-electron chi connectivity index (χ1n) is 5.60. The summed E-state index contributed by atoms with van der Waals surface area (Å²) >= 11 is 0. The van der Waals surface area contributed by atoms with Gasteiger partial charge in [-0.3, -0.25) is 14.6 Å². The van der Waals surface area contributed by atoms with E-state index in [1.807, 2.05) is 11.8 Å². The van der Waals surface area contributed by atoms with Gasteiger partial charge >= 0.3 is 6.03 Å². The number of aliphatic hydroxyl groups is 1. The molecule has 0 aromatic heterocycles. The summed E-state index contributed by atoms with van der Waals surface area (Å²) in [5, 5.41) is 11.4. The van der Waals surface area contributed by atoms with Crippen LogP contribution in [0.1, 0.15) is 13.3 Å². The van der Waals surface area contributed by atoms with Crippen LogP contribution in [0.3, 0.4) is 0 Å². The lowest BCUT2D eigenvalue weighted by Gasteiger charge is -2.22. The molecule has 1 heterocycles. The van der Waals surface area contributed by atoms with Gasteiger partial charge in [0.05, 0.1) is 13.2 Å². The number of amides is 3. The van der Waals surface area contributed by atoms with Gasteiger partial charge in [-0.25, -0.2) is 4.79 Å². The fourth-order valence-corrected chi connectivity index (χ4v) is 1.71. The van der Waals surface area contributed by atoms with Crippen molar-refractivity contribution in [2.75, 3.05) is 39.3 Å². The van der Waals surface area contributed by atoms with Gasteiger partial charge in [-0.2, -0.15) is 0 Å². The average molecular weight is 229 g/mol. The van der Waals surface area contributed by atoms with Crippen LogP contribution in [0.15, 0.2) is 0 Å². The minimum atomic E-state index is -0.314. The largest absolute Gasteiger partial charge is 0.395 e. The maximum Gasteiger partial charge on any atom is 0.324 e. The number of hydrogen-bond acceptors (Lipinski definition) is 4. The van der Waals surface area contributed by atoms with Crippen LogP contribution in [0.4, 0.5) is 4.79 Å². The molecule has 0 aliphatic carbocycles. The summed E-state index contributed by atoms with van der Waals surface area (Å²) in [5.74, 6) is -0.197. The van der Waals surface area contributed by atoms with E-state index in [4.69, 9.17) is 5.11 Å². The first kappa shape index (κ1) is 12.9. The maximum absolute atomic E-state index is 11.8. The van der Waals surface area contributed by atoms with Crippen molar-refractivity contribution in [2.24, 2.45) is 0 Å². The number of urea groups is 1. The van der Waals surface area contributed by atoms with Crippen molar-refractivity contribution in [3.05, 3.63) is 0 Å². The fourth-order valence-electron chi connectivity index (χ4n) is 1.71. The van der Waals surface area contributed by atoms with E-state index in [1.165, 1.54) is 4.90 Å². The minimum Gasteiger partial charge on any atom is -0.395 e. The summed E-state index contributed by atoms with van der Waals surface area (Å²) in [7, 11) is 0. The molecular weight excluding hydrogens is 210 g/mol. The molecule has 0 radical (unpaired) electrons. The molecule has 0 spiro atoms. The van der Waals surface area contributed by atoms with Crippen LogP contribution in [0.25, 0.3) is 0 Å². The van der Waals surface area contributed by atoms with Crippen LogP contribution in [-0.2, 0) is 4.79 Å². The topological polar surface area (TPSA) is 72.9 Å². The summed E-state index contributed by atoms with van der Waals surface area (Å²) in [5.41, 5.74) is 0. The summed E-state index contributed by atoms with van der Waals surface area (Å²) < 4.78 is 0. The molecule has 1 aliphatic rings. The van der Waals surface area contributed by atoms with Crippen molar-refractivity contribution < 1.29 is 14.7 Å². The zero-order chi connectivity index (χ0) is 12.0. The Balaban J connectivity index is 2.43. The third-order valence-corrected chi connectivity index (χ3v) is 2.47. The van der Waals surface area contributed by atoms with E-state index in [-0.39, 0.29) is 25.1 Å². The van der Waals surface area contributed by atoms with Gasteiger partial charge in [-0.1, -0.05) is 6.92 Å². The summed E-state index contributed by atoms with van der Waals surface area (Å²) in [6, 6.07) is -0.314. The molecule has 0 saturated carbocycles. The molecule has 1 fully saturated rings. The van der Waals surface area contributed by atoms with Gasteiger partial charge in [0, 0.05) is 19.6 Å².